The molecule has 2 aromatic heterocycles. The van der Waals surface area contributed by atoms with Crippen LogP contribution in [0.25, 0.3) is 22.0 Å². The van der Waals surface area contributed by atoms with E-state index < -0.39 is 23.8 Å². The smallest absolute Gasteiger partial charge is 0.259 e. The van der Waals surface area contributed by atoms with Gasteiger partial charge in [0.2, 0.25) is 11.8 Å². The molecule has 2 heterocycles. The van der Waals surface area contributed by atoms with Crippen molar-refractivity contribution in [2.75, 3.05) is 7.05 Å². The highest BCUT2D eigenvalue weighted by molar-refractivity contribution is 5.86. The summed E-state index contributed by atoms with van der Waals surface area (Å²) in [6, 6.07) is 7.39. The summed E-state index contributed by atoms with van der Waals surface area (Å²) in [5.74, 6) is -4.36. The summed E-state index contributed by atoms with van der Waals surface area (Å²) in [7, 11) is 1.60. The maximum atomic E-state index is 13.8. The Labute approximate surface area is 196 Å². The lowest BCUT2D eigenvalue weighted by atomic mass is 9.80. The van der Waals surface area contributed by atoms with Gasteiger partial charge >= 0.3 is 0 Å². The Hall–Kier alpha value is -3.36. The molecule has 4 rings (SSSR count). The Balaban J connectivity index is 1.47. The Morgan fingerprint density at radius 2 is 2.03 bits per heavy atom. The third-order valence-electron chi connectivity index (χ3n) is 6.46. The van der Waals surface area contributed by atoms with Gasteiger partial charge in [-0.25, -0.2) is 13.8 Å². The fraction of sp³-hybridized carbons (Fsp3) is 0.440. The Morgan fingerprint density at radius 3 is 2.76 bits per heavy atom. The van der Waals surface area contributed by atoms with Gasteiger partial charge in [0, 0.05) is 43.2 Å². The minimum atomic E-state index is -2.95. The number of halogens is 2. The van der Waals surface area contributed by atoms with Gasteiger partial charge in [-0.2, -0.15) is 0 Å². The van der Waals surface area contributed by atoms with Gasteiger partial charge in [0.25, 0.3) is 5.92 Å². The maximum absolute atomic E-state index is 13.8. The molecule has 9 heteroatoms. The van der Waals surface area contributed by atoms with E-state index in [0.717, 1.165) is 41.3 Å². The van der Waals surface area contributed by atoms with Crippen LogP contribution >= 0.6 is 0 Å². The highest BCUT2D eigenvalue weighted by Gasteiger charge is 2.52. The van der Waals surface area contributed by atoms with Gasteiger partial charge in [0.05, 0.1) is 17.9 Å². The second-order valence-corrected chi connectivity index (χ2v) is 8.81. The van der Waals surface area contributed by atoms with Crippen LogP contribution in [0.15, 0.2) is 42.9 Å². The number of carbonyl (C=O) groups excluding carboxylic acids is 2. The molecule has 1 aliphatic rings. The Kier molecular flexibility index (Phi) is 7.19. The van der Waals surface area contributed by atoms with Crippen molar-refractivity contribution >= 4 is 22.6 Å². The monoisotopic (exact) mass is 469 g/mol. The first-order valence-electron chi connectivity index (χ1n) is 11.7. The van der Waals surface area contributed by atoms with Crippen molar-refractivity contribution in [1.29, 1.82) is 0 Å². The number of carbonyl (C=O) groups is 2. The lowest BCUT2D eigenvalue weighted by molar-refractivity contribution is -0.163. The number of alkyl halides is 2. The third kappa shape index (κ3) is 5.40. The molecular weight excluding hydrogens is 440 g/mol. The molecular formula is C25H29F2N5O2. The number of aromatic nitrogens is 3. The molecule has 0 spiro atoms. The lowest BCUT2D eigenvalue weighted by Crippen LogP contribution is -2.49. The topological polar surface area (TPSA) is 99.8 Å². The van der Waals surface area contributed by atoms with E-state index in [0.29, 0.717) is 18.7 Å². The highest BCUT2D eigenvalue weighted by Crippen LogP contribution is 2.43. The molecule has 2 amide bonds. The molecule has 3 aromatic rings. The standard InChI is InChI=1S/C25H29F2N5O2/c1-28-22(33)6-4-2-3-5-20(32-24(34)19-9-11-25(19,26)27)23-30-15-21(31-23)17-8-7-16-10-12-29-14-18(16)13-17/h7-8,10,12-15,19-20H,2-6,9,11H2,1H3,(H,28,33)(H,30,31)(H,32,34). The molecule has 180 valence electrons. The van der Waals surface area contributed by atoms with Crippen molar-refractivity contribution in [3.05, 3.63) is 48.7 Å². The average molecular weight is 470 g/mol. The molecule has 34 heavy (non-hydrogen) atoms. The first-order chi connectivity index (χ1) is 16.4. The number of unbranched alkanes of at least 4 members (excludes halogenated alkanes) is 2. The number of nitrogens with one attached hydrogen (secondary N) is 3. The number of hydrogen-bond donors (Lipinski definition) is 3. The number of benzene rings is 1. The van der Waals surface area contributed by atoms with Crippen LogP contribution in [0.4, 0.5) is 8.78 Å². The predicted molar refractivity (Wildman–Crippen MR) is 125 cm³/mol. The van der Waals surface area contributed by atoms with E-state index in [1.165, 1.54) is 0 Å². The van der Waals surface area contributed by atoms with Gasteiger partial charge in [-0.3, -0.25) is 14.6 Å². The SMILES string of the molecule is CNC(=O)CCCCCC(NC(=O)C1CCC1(F)F)c1ncc(-c2ccc3ccncc3c2)[nH]1. The number of amides is 2. The normalized spacial score (nSPS) is 17.7. The van der Waals surface area contributed by atoms with E-state index in [1.54, 1.807) is 25.6 Å². The molecule has 0 saturated heterocycles. The van der Waals surface area contributed by atoms with E-state index in [-0.39, 0.29) is 18.7 Å². The summed E-state index contributed by atoms with van der Waals surface area (Å²) in [4.78, 5) is 35.9. The van der Waals surface area contributed by atoms with E-state index in [2.05, 4.69) is 25.6 Å². The molecule has 1 aliphatic carbocycles. The van der Waals surface area contributed by atoms with Crippen molar-refractivity contribution in [3.8, 4) is 11.3 Å². The number of aromatic amines is 1. The number of pyridine rings is 1. The van der Waals surface area contributed by atoms with Crippen LogP contribution in [0.2, 0.25) is 0 Å². The van der Waals surface area contributed by atoms with Crippen LogP contribution in [-0.2, 0) is 9.59 Å². The number of fused-ring (bicyclic) bond motifs is 1. The summed E-state index contributed by atoms with van der Waals surface area (Å²) in [6.45, 7) is 0. The summed E-state index contributed by atoms with van der Waals surface area (Å²) in [5, 5.41) is 7.45. The fourth-order valence-electron chi connectivity index (χ4n) is 4.23. The van der Waals surface area contributed by atoms with Crippen LogP contribution in [0, 0.1) is 5.92 Å². The molecule has 3 N–H and O–H groups in total. The molecule has 0 aliphatic heterocycles. The fourth-order valence-corrected chi connectivity index (χ4v) is 4.23. The van der Waals surface area contributed by atoms with Crippen LogP contribution in [-0.4, -0.2) is 39.7 Å². The number of hydrogen-bond acceptors (Lipinski definition) is 4. The molecule has 1 aromatic carbocycles. The van der Waals surface area contributed by atoms with Gasteiger partial charge < -0.3 is 15.6 Å². The largest absolute Gasteiger partial charge is 0.359 e. The zero-order valence-electron chi connectivity index (χ0n) is 19.1. The van der Waals surface area contributed by atoms with E-state index in [1.807, 2.05) is 24.3 Å². The van der Waals surface area contributed by atoms with E-state index >= 15 is 0 Å². The Morgan fingerprint density at radius 1 is 1.18 bits per heavy atom. The quantitative estimate of drug-likeness (QED) is 0.380. The summed E-state index contributed by atoms with van der Waals surface area (Å²) in [5.41, 5.74) is 1.69. The number of H-pyrrole nitrogens is 1. The second-order valence-electron chi connectivity index (χ2n) is 8.81. The third-order valence-corrected chi connectivity index (χ3v) is 6.46. The van der Waals surface area contributed by atoms with Crippen LogP contribution in [0.3, 0.4) is 0 Å². The molecule has 7 nitrogen and oxygen atoms in total. The van der Waals surface area contributed by atoms with Crippen molar-refractivity contribution in [2.24, 2.45) is 5.92 Å². The first-order valence-corrected chi connectivity index (χ1v) is 11.7. The minimum absolute atomic E-state index is 0.0154. The number of rotatable bonds is 10. The van der Waals surface area contributed by atoms with E-state index in [4.69, 9.17) is 0 Å². The molecule has 1 fully saturated rings. The number of nitrogens with zero attached hydrogens (tertiary/aromatic N) is 2. The lowest BCUT2D eigenvalue weighted by Gasteiger charge is -2.35. The van der Waals surface area contributed by atoms with Gasteiger partial charge in [0.1, 0.15) is 11.7 Å². The molecule has 2 atom stereocenters. The van der Waals surface area contributed by atoms with Crippen molar-refractivity contribution in [2.45, 2.75) is 56.9 Å². The first kappa shape index (κ1) is 23.8. The number of imidazole rings is 1. The highest BCUT2D eigenvalue weighted by atomic mass is 19.3. The van der Waals surface area contributed by atoms with Crippen molar-refractivity contribution in [1.82, 2.24) is 25.6 Å². The van der Waals surface area contributed by atoms with Gasteiger partial charge in [0.15, 0.2) is 0 Å². The summed E-state index contributed by atoms with van der Waals surface area (Å²) in [6.07, 6.45) is 8.34. The van der Waals surface area contributed by atoms with Crippen LogP contribution in [0.1, 0.15) is 56.8 Å². The van der Waals surface area contributed by atoms with Crippen LogP contribution in [0.5, 0.6) is 0 Å². The van der Waals surface area contributed by atoms with Crippen molar-refractivity contribution < 1.29 is 18.4 Å². The van der Waals surface area contributed by atoms with Crippen molar-refractivity contribution in [3.63, 3.8) is 0 Å². The molecule has 0 bridgehead atoms. The zero-order valence-corrected chi connectivity index (χ0v) is 19.1. The maximum Gasteiger partial charge on any atom is 0.259 e. The van der Waals surface area contributed by atoms with E-state index in [9.17, 15) is 18.4 Å². The molecule has 0 radical (unpaired) electrons. The van der Waals surface area contributed by atoms with Gasteiger partial charge in [-0.15, -0.1) is 0 Å². The predicted octanol–water partition coefficient (Wildman–Crippen LogP) is 4.52. The van der Waals surface area contributed by atoms with Crippen LogP contribution < -0.4 is 10.6 Å². The minimum Gasteiger partial charge on any atom is -0.359 e. The van der Waals surface area contributed by atoms with Gasteiger partial charge in [-0.05, 0) is 36.8 Å². The van der Waals surface area contributed by atoms with Gasteiger partial charge in [-0.1, -0.05) is 25.0 Å². The average Bonchev–Trinajstić information content (AvgIpc) is 3.32. The second kappa shape index (κ2) is 10.3. The molecule has 2 unspecified atom stereocenters. The Bertz CT molecular complexity index is 1160. The summed E-state index contributed by atoms with van der Waals surface area (Å²) < 4.78 is 27.6. The summed E-state index contributed by atoms with van der Waals surface area (Å²) >= 11 is 0. The molecule has 1 saturated carbocycles. The zero-order chi connectivity index (χ0) is 24.1.